The average Bonchev–Trinajstić information content (AvgIpc) is 1.51. The molecule has 20 nitrogen and oxygen atoms in total. The lowest BCUT2D eigenvalue weighted by molar-refractivity contribution is -0.248. The summed E-state index contributed by atoms with van der Waals surface area (Å²) < 4.78 is 63.5. The molecule has 18 bridgehead atoms. The van der Waals surface area contributed by atoms with Gasteiger partial charge in [-0.3, -0.25) is 43.2 Å². The highest BCUT2D eigenvalue weighted by Crippen LogP contribution is 2.75. The predicted octanol–water partition coefficient (Wildman–Crippen LogP) is 30.1. The van der Waals surface area contributed by atoms with E-state index in [2.05, 4.69) is 62.3 Å². The van der Waals surface area contributed by atoms with Crippen LogP contribution >= 0.6 is 0 Å². The first-order valence-corrected chi connectivity index (χ1v) is 60.2. The van der Waals surface area contributed by atoms with E-state index in [0.29, 0.717) is 35.2 Å². The van der Waals surface area contributed by atoms with Gasteiger partial charge in [-0.1, -0.05) is 94.9 Å². The van der Waals surface area contributed by atoms with Crippen molar-refractivity contribution in [2.24, 2.45) is 173 Å². The first kappa shape index (κ1) is 120. The highest BCUT2D eigenvalue weighted by molar-refractivity contribution is 5.80. The van der Waals surface area contributed by atoms with E-state index in [0.717, 1.165) is 178 Å². The fraction of sp³-hybridized carbons (Fsp3) is 0.929. The Balaban J connectivity index is 0.000000152. The highest BCUT2D eigenvalue weighted by atomic mass is 16.7. The topological polar surface area (TPSA) is 255 Å². The number of carbonyl (C=O) groups is 9. The molecule has 836 valence electrons. The normalized spacial score (nSPS) is 35.9. The van der Waals surface area contributed by atoms with Gasteiger partial charge in [0.15, 0.2) is 6.29 Å². The third kappa shape index (κ3) is 27.3. The van der Waals surface area contributed by atoms with Gasteiger partial charge in [0.2, 0.25) is 6.29 Å². The zero-order valence-corrected chi connectivity index (χ0v) is 98.4. The van der Waals surface area contributed by atoms with Gasteiger partial charge in [0.25, 0.3) is 0 Å². The molecule has 0 saturated heterocycles. The first-order valence-electron chi connectivity index (χ1n) is 60.2. The average molecular weight is 2050 g/mol. The summed E-state index contributed by atoms with van der Waals surface area (Å²) in [7, 11) is 0. The number of rotatable bonds is 32. The lowest BCUT2D eigenvalue weighted by Gasteiger charge is -2.59. The minimum atomic E-state index is -0.489. The summed E-state index contributed by atoms with van der Waals surface area (Å²) in [5, 5.41) is 0. The first-order chi connectivity index (χ1) is 68.0. The maximum absolute atomic E-state index is 12.7. The smallest absolute Gasteiger partial charge is 0.313 e. The number of carbonyl (C=O) groups excluding carboxylic acids is 9. The predicted molar refractivity (Wildman–Crippen MR) is 574 cm³/mol. The van der Waals surface area contributed by atoms with Gasteiger partial charge >= 0.3 is 53.7 Å². The molecule has 0 amide bonds. The molecule has 0 radical (unpaired) electrons. The highest BCUT2D eigenvalue weighted by Gasteiger charge is 2.70. The van der Waals surface area contributed by atoms with Crippen molar-refractivity contribution < 1.29 is 95.3 Å². The van der Waals surface area contributed by atoms with Crippen LogP contribution in [0, 0.1) is 173 Å². The number of hydrogen-bond donors (Lipinski definition) is 0. The zero-order valence-electron chi connectivity index (χ0n) is 98.4. The summed E-state index contributed by atoms with van der Waals surface area (Å²) in [6.45, 7) is 63.5. The van der Waals surface area contributed by atoms with Crippen LogP contribution in [-0.4, -0.2) is 120 Å². The lowest BCUT2D eigenvalue weighted by Crippen LogP contribution is -2.58. The minimum Gasteiger partial charge on any atom is -0.465 e. The lowest BCUT2D eigenvalue weighted by atomic mass is 9.49. The molecule has 0 heterocycles. The van der Waals surface area contributed by atoms with Crippen LogP contribution in [-0.2, 0) is 95.3 Å². The van der Waals surface area contributed by atoms with Crippen molar-refractivity contribution in [2.45, 2.75) is 550 Å². The Morgan fingerprint density at radius 3 is 1.26 bits per heavy atom. The Kier molecular flexibility index (Phi) is 38.6. The van der Waals surface area contributed by atoms with Crippen LogP contribution in [0.2, 0.25) is 0 Å². The van der Waals surface area contributed by atoms with Gasteiger partial charge < -0.3 is 52.1 Å². The van der Waals surface area contributed by atoms with Crippen LogP contribution in [0.15, 0.2) is 0 Å². The second-order valence-corrected chi connectivity index (χ2v) is 58.0. The second-order valence-electron chi connectivity index (χ2n) is 58.0. The van der Waals surface area contributed by atoms with E-state index < -0.39 is 34.2 Å². The van der Waals surface area contributed by atoms with E-state index in [9.17, 15) is 43.2 Å². The van der Waals surface area contributed by atoms with Gasteiger partial charge in [-0.15, -0.1) is 0 Å². The molecule has 0 N–H and O–H groups in total. The molecule has 14 atom stereocenters. The van der Waals surface area contributed by atoms with E-state index in [1.54, 1.807) is 0 Å². The summed E-state index contributed by atoms with van der Waals surface area (Å²) in [5.41, 5.74) is -3.32. The molecule has 21 fully saturated rings. The van der Waals surface area contributed by atoms with Gasteiger partial charge in [-0.05, 0) is 526 Å². The van der Waals surface area contributed by atoms with Crippen molar-refractivity contribution in [2.75, 3.05) is 19.8 Å². The van der Waals surface area contributed by atoms with Gasteiger partial charge in [0.1, 0.15) is 42.2 Å². The molecule has 146 heavy (non-hydrogen) atoms. The van der Waals surface area contributed by atoms with Crippen molar-refractivity contribution in [1.29, 1.82) is 0 Å². The Morgan fingerprint density at radius 1 is 0.356 bits per heavy atom. The molecule has 0 aromatic rings. The second kappa shape index (κ2) is 47.1. The van der Waals surface area contributed by atoms with Crippen LogP contribution in [0.3, 0.4) is 0 Å². The van der Waals surface area contributed by atoms with E-state index in [1.165, 1.54) is 199 Å². The number of esters is 9. The van der Waals surface area contributed by atoms with Crippen molar-refractivity contribution in [3.05, 3.63) is 0 Å². The van der Waals surface area contributed by atoms with Gasteiger partial charge in [0, 0.05) is 5.92 Å². The molecule has 21 rings (SSSR count). The summed E-state index contributed by atoms with van der Waals surface area (Å²) in [4.78, 5) is 110. The Bertz CT molecular complexity index is 4290. The van der Waals surface area contributed by atoms with E-state index in [4.69, 9.17) is 52.1 Å². The molecular formula is C126H212O20. The van der Waals surface area contributed by atoms with Gasteiger partial charge in [-0.25, -0.2) is 0 Å². The maximum atomic E-state index is 12.7. The monoisotopic (exact) mass is 2050 g/mol. The molecule has 20 heteroatoms. The van der Waals surface area contributed by atoms with Crippen LogP contribution in [0.5, 0.6) is 0 Å². The summed E-state index contributed by atoms with van der Waals surface area (Å²) in [6.07, 6.45) is 51.5. The Hall–Kier alpha value is -4.85. The van der Waals surface area contributed by atoms with Crippen LogP contribution in [0.4, 0.5) is 0 Å². The molecule has 21 aliphatic rings. The standard InChI is InChI=1S/C21H36O2.C20H32O4.C20H32O3.C19H30O4.C18H30O3.C15H28O2.C13H24O2/c1-8-18(3,4)17(22)23-20(7)11-12-21-13-16(20)19(5,6)15(21)10-9-14(21)2;1-5-19(2,3)18(22)23-7-6-17(21)24-20(4)15-9-13-8-14(11-15)12-16(20)10-13;1-5-20(3,4)19(21)23-11(2)22-16-10-14-9-15(16)18-13-7-6-12(8-13)17(14)18;1-4-18(2,3)16(20)22-5-6-23-17(21)19-10-13-7-14(11-19)9-15(8-13)12-19;1-5-17(3,4)16(19)20-12(2)21-18-9-13-6-14(10-18)8-15(7-13)11-18;1-6-14(2,3)13(16)17-15(4,5)12-10-8-7-9-11-12;1-5-12(2,3)11(14)15-13(4)9-7-6-8-10-13/h14-16H,8-13H2,1-7H3;13-16H,5-12H2,1-4H3;11-18H,5-10H2,1-4H3;13-15H,4-12H2,1-3H3;12-15H,5-11H2,1-4H3;12H,6-11H2,1-5H3;5-10H2,1-4H3. The third-order valence-electron chi connectivity index (χ3n) is 44.0. The summed E-state index contributed by atoms with van der Waals surface area (Å²) in [5.74, 6) is 14.7. The minimum absolute atomic E-state index is 0.000595. The molecule has 21 saturated carbocycles. The van der Waals surface area contributed by atoms with Crippen molar-refractivity contribution >= 4 is 53.7 Å². The number of hydrogen-bond acceptors (Lipinski definition) is 20. The van der Waals surface area contributed by atoms with E-state index >= 15 is 0 Å². The molecule has 0 aromatic heterocycles. The summed E-state index contributed by atoms with van der Waals surface area (Å²) in [6, 6.07) is 0. The zero-order chi connectivity index (χ0) is 108. The van der Waals surface area contributed by atoms with Crippen LogP contribution in [0.1, 0.15) is 504 Å². The van der Waals surface area contributed by atoms with Gasteiger partial charge in [0.05, 0.1) is 61.4 Å². The van der Waals surface area contributed by atoms with Crippen LogP contribution in [0.25, 0.3) is 0 Å². The van der Waals surface area contributed by atoms with Crippen molar-refractivity contribution in [1.82, 2.24) is 0 Å². The number of ether oxygens (including phenoxy) is 11. The molecular weight excluding hydrogens is 1830 g/mol. The van der Waals surface area contributed by atoms with Crippen LogP contribution < -0.4 is 0 Å². The van der Waals surface area contributed by atoms with Gasteiger partial charge in [-0.2, -0.15) is 0 Å². The quantitative estimate of drug-likeness (QED) is 0.0199. The maximum Gasteiger partial charge on any atom is 0.313 e. The summed E-state index contributed by atoms with van der Waals surface area (Å²) >= 11 is 0. The molecule has 14 unspecified atom stereocenters. The molecule has 0 aliphatic heterocycles. The fourth-order valence-electron chi connectivity index (χ4n) is 32.5. The number of fused-ring (bicyclic) bond motifs is 10. The van der Waals surface area contributed by atoms with Crippen molar-refractivity contribution in [3.63, 3.8) is 0 Å². The van der Waals surface area contributed by atoms with E-state index in [-0.39, 0.29) is 135 Å². The third-order valence-corrected chi connectivity index (χ3v) is 44.0. The molecule has 0 aromatic carbocycles. The Labute approximate surface area is 886 Å². The van der Waals surface area contributed by atoms with E-state index in [1.807, 2.05) is 152 Å². The molecule has 21 aliphatic carbocycles. The largest absolute Gasteiger partial charge is 0.465 e. The fourth-order valence-corrected chi connectivity index (χ4v) is 32.5. The molecule has 1 spiro atoms. The SMILES string of the molecule is CCC(C)(C)C(=O)OC(C)(C)C1CCCCC1.CCC(C)(C)C(=O)OC(C)OC12CC3CC(CC(C3)C1)C2.CCC(C)(C)C(=O)OC(C)OC1CC2CC1C1C3CCC(C3)C21.CCC(C)(C)C(=O)OC1(C)CCC23CC1C(C)(C)C2CCC3C.CCC(C)(C)C(=O)OC1(C)CCCCC1.CCC(C)(C)C(=O)OCCC(=O)OC1(C)C2CC3CC(C2)CC1C3.CCC(C)(C)C(=O)OCCOC(=O)C12CC3CC(CC(C3)C1)C2. The Morgan fingerprint density at radius 2 is 0.774 bits per heavy atom. The van der Waals surface area contributed by atoms with Crippen molar-refractivity contribution in [3.8, 4) is 0 Å².